The molecular weight excluding hydrogens is 273 g/mol. The van der Waals surface area contributed by atoms with Crippen molar-refractivity contribution in [1.82, 2.24) is 0 Å². The summed E-state index contributed by atoms with van der Waals surface area (Å²) < 4.78 is 12.8. The van der Waals surface area contributed by atoms with Crippen LogP contribution < -0.4 is 5.32 Å². The molecule has 1 aromatic carbocycles. The van der Waals surface area contributed by atoms with Gasteiger partial charge in [-0.1, -0.05) is 17.7 Å². The van der Waals surface area contributed by atoms with E-state index in [1.54, 1.807) is 6.08 Å². The molecule has 1 amide bonds. The summed E-state index contributed by atoms with van der Waals surface area (Å²) >= 11 is 7.33. The van der Waals surface area contributed by atoms with Crippen molar-refractivity contribution >= 4 is 40.6 Å². The van der Waals surface area contributed by atoms with Crippen LogP contribution in [0.15, 0.2) is 41.8 Å². The number of amides is 1. The second-order valence-corrected chi connectivity index (χ2v) is 4.85. The first kappa shape index (κ1) is 12.8. The van der Waals surface area contributed by atoms with Crippen LogP contribution in [-0.2, 0) is 4.79 Å². The van der Waals surface area contributed by atoms with Crippen LogP contribution in [0.2, 0.25) is 5.02 Å². The van der Waals surface area contributed by atoms with Crippen molar-refractivity contribution in [3.63, 3.8) is 0 Å². The minimum absolute atomic E-state index is 0.174. The fraction of sp³-hybridized carbons (Fsp3) is 0. The predicted octanol–water partition coefficient (Wildman–Crippen LogP) is 4.19. The molecule has 1 aromatic heterocycles. The molecule has 1 heterocycles. The van der Waals surface area contributed by atoms with Gasteiger partial charge in [-0.2, -0.15) is 0 Å². The molecule has 0 saturated heterocycles. The molecule has 92 valence electrons. The molecular formula is C13H9ClFNOS. The van der Waals surface area contributed by atoms with E-state index in [0.29, 0.717) is 5.69 Å². The second kappa shape index (κ2) is 5.80. The molecule has 18 heavy (non-hydrogen) atoms. The summed E-state index contributed by atoms with van der Waals surface area (Å²) in [6, 6.07) is 7.62. The normalized spacial score (nSPS) is 10.8. The number of carbonyl (C=O) groups excluding carboxylic acids is 1. The fourth-order valence-corrected chi connectivity index (χ4v) is 2.14. The minimum Gasteiger partial charge on any atom is -0.321 e. The molecule has 0 spiro atoms. The van der Waals surface area contributed by atoms with Crippen LogP contribution in [0.25, 0.3) is 6.08 Å². The highest BCUT2D eigenvalue weighted by Crippen LogP contribution is 2.22. The quantitative estimate of drug-likeness (QED) is 0.840. The first-order valence-corrected chi connectivity index (χ1v) is 6.38. The third-order valence-electron chi connectivity index (χ3n) is 2.13. The summed E-state index contributed by atoms with van der Waals surface area (Å²) in [6.45, 7) is 0. The van der Waals surface area contributed by atoms with E-state index in [1.165, 1.54) is 29.5 Å². The van der Waals surface area contributed by atoms with E-state index in [1.807, 2.05) is 17.5 Å². The Morgan fingerprint density at radius 2 is 2.22 bits per heavy atom. The van der Waals surface area contributed by atoms with Crippen LogP contribution in [0.3, 0.4) is 0 Å². The van der Waals surface area contributed by atoms with Crippen molar-refractivity contribution in [3.05, 3.63) is 57.5 Å². The molecule has 2 nitrogen and oxygen atoms in total. The first-order chi connectivity index (χ1) is 8.65. The van der Waals surface area contributed by atoms with Gasteiger partial charge in [0.25, 0.3) is 0 Å². The highest BCUT2D eigenvalue weighted by Gasteiger charge is 2.04. The highest BCUT2D eigenvalue weighted by molar-refractivity contribution is 7.10. The summed E-state index contributed by atoms with van der Waals surface area (Å²) in [5.41, 5.74) is 0.388. The lowest BCUT2D eigenvalue weighted by atomic mass is 10.3. The highest BCUT2D eigenvalue weighted by atomic mass is 35.5. The summed E-state index contributed by atoms with van der Waals surface area (Å²) in [5.74, 6) is -0.746. The Morgan fingerprint density at radius 1 is 1.39 bits per heavy atom. The van der Waals surface area contributed by atoms with Gasteiger partial charge in [-0.15, -0.1) is 11.3 Å². The second-order valence-electron chi connectivity index (χ2n) is 3.46. The third-order valence-corrected chi connectivity index (χ3v) is 3.28. The van der Waals surface area contributed by atoms with E-state index in [0.717, 1.165) is 10.9 Å². The maximum atomic E-state index is 12.8. The van der Waals surface area contributed by atoms with Gasteiger partial charge in [0.2, 0.25) is 5.91 Å². The van der Waals surface area contributed by atoms with Crippen molar-refractivity contribution in [1.29, 1.82) is 0 Å². The van der Waals surface area contributed by atoms with E-state index in [4.69, 9.17) is 11.6 Å². The number of nitrogens with one attached hydrogen (secondary N) is 1. The number of halogens is 2. The smallest absolute Gasteiger partial charge is 0.248 e. The van der Waals surface area contributed by atoms with Gasteiger partial charge in [-0.05, 0) is 35.7 Å². The Bertz CT molecular complexity index is 581. The van der Waals surface area contributed by atoms with Crippen molar-refractivity contribution in [2.45, 2.75) is 0 Å². The summed E-state index contributed by atoms with van der Waals surface area (Å²) in [4.78, 5) is 12.6. The van der Waals surface area contributed by atoms with Gasteiger partial charge < -0.3 is 5.32 Å². The molecule has 0 aliphatic rings. The standard InChI is InChI=1S/C13H9ClFNOS/c14-11-8-9(15)3-5-12(11)16-13(17)6-4-10-2-1-7-18-10/h1-8H,(H,16,17)/b6-4+. The van der Waals surface area contributed by atoms with Crippen molar-refractivity contribution in [2.24, 2.45) is 0 Å². The average molecular weight is 282 g/mol. The van der Waals surface area contributed by atoms with Crippen LogP contribution >= 0.6 is 22.9 Å². The van der Waals surface area contributed by atoms with E-state index < -0.39 is 5.82 Å². The monoisotopic (exact) mass is 281 g/mol. The molecule has 5 heteroatoms. The van der Waals surface area contributed by atoms with E-state index in [9.17, 15) is 9.18 Å². The van der Waals surface area contributed by atoms with Crippen molar-refractivity contribution in [3.8, 4) is 0 Å². The SMILES string of the molecule is O=C(/C=C/c1cccs1)Nc1ccc(F)cc1Cl. The maximum Gasteiger partial charge on any atom is 0.248 e. The van der Waals surface area contributed by atoms with Crippen LogP contribution in [0.5, 0.6) is 0 Å². The Morgan fingerprint density at radius 3 is 2.89 bits per heavy atom. The minimum atomic E-state index is -0.438. The van der Waals surface area contributed by atoms with Crippen LogP contribution in [0, 0.1) is 5.82 Å². The molecule has 0 atom stereocenters. The molecule has 0 unspecified atom stereocenters. The first-order valence-electron chi connectivity index (χ1n) is 5.13. The van der Waals surface area contributed by atoms with Gasteiger partial charge in [0, 0.05) is 11.0 Å². The molecule has 1 N–H and O–H groups in total. The lowest BCUT2D eigenvalue weighted by molar-refractivity contribution is -0.111. The zero-order chi connectivity index (χ0) is 13.0. The number of hydrogen-bond acceptors (Lipinski definition) is 2. The number of rotatable bonds is 3. The maximum absolute atomic E-state index is 12.8. The molecule has 0 radical (unpaired) electrons. The zero-order valence-electron chi connectivity index (χ0n) is 9.19. The lowest BCUT2D eigenvalue weighted by Gasteiger charge is -2.04. The Hall–Kier alpha value is -1.65. The summed E-state index contributed by atoms with van der Waals surface area (Å²) in [5, 5.41) is 4.68. The van der Waals surface area contributed by atoms with Gasteiger partial charge in [0.1, 0.15) is 5.82 Å². The molecule has 2 aromatic rings. The van der Waals surface area contributed by atoms with E-state index >= 15 is 0 Å². The summed E-state index contributed by atoms with van der Waals surface area (Å²) in [7, 11) is 0. The molecule has 0 aliphatic heterocycles. The summed E-state index contributed by atoms with van der Waals surface area (Å²) in [6.07, 6.45) is 3.11. The fourth-order valence-electron chi connectivity index (χ4n) is 1.31. The third kappa shape index (κ3) is 3.42. The Kier molecular flexibility index (Phi) is 4.12. The molecule has 2 rings (SSSR count). The van der Waals surface area contributed by atoms with Gasteiger partial charge >= 0.3 is 0 Å². The van der Waals surface area contributed by atoms with Crippen LogP contribution in [-0.4, -0.2) is 5.91 Å². The molecule has 0 bridgehead atoms. The van der Waals surface area contributed by atoms with Crippen LogP contribution in [0.1, 0.15) is 4.88 Å². The Labute approximate surface area is 113 Å². The van der Waals surface area contributed by atoms with Gasteiger partial charge in [0.15, 0.2) is 0 Å². The van der Waals surface area contributed by atoms with Gasteiger partial charge in [0.05, 0.1) is 10.7 Å². The molecule has 0 aliphatic carbocycles. The number of thiophene rings is 1. The zero-order valence-corrected chi connectivity index (χ0v) is 10.8. The largest absolute Gasteiger partial charge is 0.321 e. The number of benzene rings is 1. The van der Waals surface area contributed by atoms with Crippen molar-refractivity contribution in [2.75, 3.05) is 5.32 Å². The predicted molar refractivity (Wildman–Crippen MR) is 73.4 cm³/mol. The topological polar surface area (TPSA) is 29.1 Å². The van der Waals surface area contributed by atoms with Crippen LogP contribution in [0.4, 0.5) is 10.1 Å². The number of hydrogen-bond donors (Lipinski definition) is 1. The number of anilines is 1. The van der Waals surface area contributed by atoms with Gasteiger partial charge in [-0.25, -0.2) is 4.39 Å². The molecule has 0 fully saturated rings. The average Bonchev–Trinajstić information content (AvgIpc) is 2.83. The molecule has 0 saturated carbocycles. The Balaban J connectivity index is 2.03. The van der Waals surface area contributed by atoms with E-state index in [2.05, 4.69) is 5.32 Å². The van der Waals surface area contributed by atoms with E-state index in [-0.39, 0.29) is 10.9 Å². The van der Waals surface area contributed by atoms with Gasteiger partial charge in [-0.3, -0.25) is 4.79 Å². The lowest BCUT2D eigenvalue weighted by Crippen LogP contribution is -2.08. The van der Waals surface area contributed by atoms with Crippen molar-refractivity contribution < 1.29 is 9.18 Å². The number of carbonyl (C=O) groups is 1.